The standard InChI is InChI=1S/C19H23N3O/c1-3-5-7-15-8-10-16-17(12-15)21-22(20-16)18-13-14(6-4-2)9-11-19(18)23/h8-13,23H,3-7H2,1-2H3. The number of hydrogen-bond donors (Lipinski definition) is 1. The summed E-state index contributed by atoms with van der Waals surface area (Å²) in [6.45, 7) is 4.34. The number of aryl methyl sites for hydroxylation is 2. The minimum Gasteiger partial charge on any atom is -0.506 e. The molecule has 0 unspecified atom stereocenters. The number of rotatable bonds is 6. The number of benzene rings is 2. The second kappa shape index (κ2) is 6.82. The monoisotopic (exact) mass is 309 g/mol. The van der Waals surface area contributed by atoms with Crippen LogP contribution in [0.25, 0.3) is 16.7 Å². The Bertz CT molecular complexity index is 807. The molecule has 3 rings (SSSR count). The van der Waals surface area contributed by atoms with Crippen molar-refractivity contribution in [3.8, 4) is 11.4 Å². The Kier molecular flexibility index (Phi) is 4.60. The molecule has 0 atom stereocenters. The summed E-state index contributed by atoms with van der Waals surface area (Å²) in [7, 11) is 0. The highest BCUT2D eigenvalue weighted by Gasteiger charge is 2.10. The van der Waals surface area contributed by atoms with Crippen LogP contribution < -0.4 is 0 Å². The zero-order valence-corrected chi connectivity index (χ0v) is 13.8. The van der Waals surface area contributed by atoms with Gasteiger partial charge < -0.3 is 5.11 Å². The van der Waals surface area contributed by atoms with Gasteiger partial charge in [0.15, 0.2) is 0 Å². The Labute approximate surface area is 136 Å². The van der Waals surface area contributed by atoms with Gasteiger partial charge >= 0.3 is 0 Å². The van der Waals surface area contributed by atoms with Gasteiger partial charge in [-0.25, -0.2) is 0 Å². The molecule has 0 spiro atoms. The van der Waals surface area contributed by atoms with Gasteiger partial charge in [0.2, 0.25) is 0 Å². The average molecular weight is 309 g/mol. The molecule has 0 saturated carbocycles. The van der Waals surface area contributed by atoms with E-state index in [1.165, 1.54) is 24.0 Å². The fourth-order valence-electron chi connectivity index (χ4n) is 2.78. The maximum atomic E-state index is 10.2. The lowest BCUT2D eigenvalue weighted by Gasteiger charge is -2.05. The van der Waals surface area contributed by atoms with E-state index < -0.39 is 0 Å². The van der Waals surface area contributed by atoms with Crippen molar-refractivity contribution in [1.82, 2.24) is 15.0 Å². The van der Waals surface area contributed by atoms with E-state index in [0.717, 1.165) is 30.3 Å². The average Bonchev–Trinajstić information content (AvgIpc) is 2.98. The van der Waals surface area contributed by atoms with E-state index >= 15 is 0 Å². The molecule has 0 aliphatic rings. The molecule has 1 N–H and O–H groups in total. The van der Waals surface area contributed by atoms with Gasteiger partial charge in [0.05, 0.1) is 0 Å². The molecule has 3 aromatic rings. The van der Waals surface area contributed by atoms with Crippen molar-refractivity contribution in [3.63, 3.8) is 0 Å². The van der Waals surface area contributed by atoms with E-state index in [2.05, 4.69) is 36.2 Å². The summed E-state index contributed by atoms with van der Waals surface area (Å²) < 4.78 is 0. The zero-order chi connectivity index (χ0) is 16.2. The third-order valence-electron chi connectivity index (χ3n) is 4.06. The van der Waals surface area contributed by atoms with E-state index in [1.807, 2.05) is 18.2 Å². The molecular formula is C19H23N3O. The minimum atomic E-state index is 0.205. The minimum absolute atomic E-state index is 0.205. The summed E-state index contributed by atoms with van der Waals surface area (Å²) in [5.74, 6) is 0.205. The fourth-order valence-corrected chi connectivity index (χ4v) is 2.78. The molecule has 4 nitrogen and oxygen atoms in total. The van der Waals surface area contributed by atoms with Crippen LogP contribution in [0.5, 0.6) is 5.75 Å². The molecule has 1 aromatic heterocycles. The van der Waals surface area contributed by atoms with Gasteiger partial charge in [-0.1, -0.05) is 38.8 Å². The molecule has 0 aliphatic heterocycles. The van der Waals surface area contributed by atoms with Crippen molar-refractivity contribution < 1.29 is 5.11 Å². The molecule has 0 fully saturated rings. The van der Waals surface area contributed by atoms with Crippen LogP contribution in [0.1, 0.15) is 44.2 Å². The summed E-state index contributed by atoms with van der Waals surface area (Å²) in [6.07, 6.45) is 5.48. The highest BCUT2D eigenvalue weighted by atomic mass is 16.3. The molecule has 0 aliphatic carbocycles. The van der Waals surface area contributed by atoms with Crippen molar-refractivity contribution >= 4 is 11.0 Å². The molecule has 0 saturated heterocycles. The summed E-state index contributed by atoms with van der Waals surface area (Å²) in [5.41, 5.74) is 4.84. The van der Waals surface area contributed by atoms with Crippen LogP contribution in [-0.4, -0.2) is 20.1 Å². The van der Waals surface area contributed by atoms with Crippen molar-refractivity contribution in [3.05, 3.63) is 47.5 Å². The molecule has 23 heavy (non-hydrogen) atoms. The first kappa shape index (κ1) is 15.5. The largest absolute Gasteiger partial charge is 0.506 e. The molecule has 1 heterocycles. The topological polar surface area (TPSA) is 50.9 Å². The Morgan fingerprint density at radius 1 is 0.870 bits per heavy atom. The number of phenolic OH excluding ortho intramolecular Hbond substituents is 1. The molecule has 4 heteroatoms. The van der Waals surface area contributed by atoms with Crippen LogP contribution in [0, 0.1) is 0 Å². The van der Waals surface area contributed by atoms with Crippen molar-refractivity contribution in [2.45, 2.75) is 46.0 Å². The second-order valence-corrected chi connectivity index (χ2v) is 5.99. The van der Waals surface area contributed by atoms with Crippen LogP contribution in [0.4, 0.5) is 0 Å². The van der Waals surface area contributed by atoms with Crippen LogP contribution >= 0.6 is 0 Å². The van der Waals surface area contributed by atoms with E-state index in [9.17, 15) is 5.11 Å². The summed E-state index contributed by atoms with van der Waals surface area (Å²) in [6, 6.07) is 11.9. The first-order valence-electron chi connectivity index (χ1n) is 8.39. The van der Waals surface area contributed by atoms with Crippen LogP contribution in [0.15, 0.2) is 36.4 Å². The third kappa shape index (κ3) is 3.36. The van der Waals surface area contributed by atoms with E-state index in [4.69, 9.17) is 0 Å². The van der Waals surface area contributed by atoms with Crippen molar-refractivity contribution in [2.75, 3.05) is 0 Å². The Balaban J connectivity index is 1.98. The predicted octanol–water partition coefficient (Wildman–Crippen LogP) is 4.42. The smallest absolute Gasteiger partial charge is 0.143 e. The fraction of sp³-hybridized carbons (Fsp3) is 0.368. The van der Waals surface area contributed by atoms with Crippen molar-refractivity contribution in [2.24, 2.45) is 0 Å². The van der Waals surface area contributed by atoms with Gasteiger partial charge in [-0.2, -0.15) is 0 Å². The summed E-state index contributed by atoms with van der Waals surface area (Å²) in [5, 5.41) is 19.2. The number of phenols is 1. The first-order chi connectivity index (χ1) is 11.2. The zero-order valence-electron chi connectivity index (χ0n) is 13.8. The Morgan fingerprint density at radius 3 is 2.39 bits per heavy atom. The van der Waals surface area contributed by atoms with E-state index in [0.29, 0.717) is 5.69 Å². The molecule has 0 amide bonds. The number of fused-ring (bicyclic) bond motifs is 1. The number of unbranched alkanes of at least 4 members (excludes halogenated alkanes) is 1. The van der Waals surface area contributed by atoms with E-state index in [1.54, 1.807) is 10.9 Å². The number of nitrogens with zero attached hydrogens (tertiary/aromatic N) is 3. The molecular weight excluding hydrogens is 286 g/mol. The van der Waals surface area contributed by atoms with E-state index in [-0.39, 0.29) is 5.75 Å². The normalized spacial score (nSPS) is 11.2. The molecule has 0 bridgehead atoms. The quantitative estimate of drug-likeness (QED) is 0.733. The SMILES string of the molecule is CCCCc1ccc2nn(-c3cc(CCC)ccc3O)nc2c1. The lowest BCUT2D eigenvalue weighted by molar-refractivity contribution is 0.467. The molecule has 120 valence electrons. The summed E-state index contributed by atoms with van der Waals surface area (Å²) >= 11 is 0. The highest BCUT2D eigenvalue weighted by molar-refractivity contribution is 5.75. The molecule has 2 aromatic carbocycles. The predicted molar refractivity (Wildman–Crippen MR) is 93.1 cm³/mol. The second-order valence-electron chi connectivity index (χ2n) is 5.99. The van der Waals surface area contributed by atoms with Crippen LogP contribution in [0.3, 0.4) is 0 Å². The van der Waals surface area contributed by atoms with Gasteiger partial charge in [0, 0.05) is 0 Å². The lowest BCUT2D eigenvalue weighted by Crippen LogP contribution is -2.00. The third-order valence-corrected chi connectivity index (χ3v) is 4.06. The van der Waals surface area contributed by atoms with Gasteiger partial charge in [-0.05, 0) is 54.7 Å². The highest BCUT2D eigenvalue weighted by Crippen LogP contribution is 2.24. The Hall–Kier alpha value is -2.36. The van der Waals surface area contributed by atoms with Gasteiger partial charge in [-0.3, -0.25) is 0 Å². The Morgan fingerprint density at radius 2 is 1.61 bits per heavy atom. The maximum absolute atomic E-state index is 10.2. The van der Waals surface area contributed by atoms with Crippen LogP contribution in [0.2, 0.25) is 0 Å². The van der Waals surface area contributed by atoms with Gasteiger partial charge in [-0.15, -0.1) is 15.0 Å². The molecule has 0 radical (unpaired) electrons. The van der Waals surface area contributed by atoms with Crippen LogP contribution in [-0.2, 0) is 12.8 Å². The number of hydrogen-bond acceptors (Lipinski definition) is 3. The lowest BCUT2D eigenvalue weighted by atomic mass is 10.1. The van der Waals surface area contributed by atoms with Crippen molar-refractivity contribution in [1.29, 1.82) is 0 Å². The number of aromatic nitrogens is 3. The van der Waals surface area contributed by atoms with Gasteiger partial charge in [0.1, 0.15) is 22.5 Å². The summed E-state index contributed by atoms with van der Waals surface area (Å²) in [4.78, 5) is 1.54. The first-order valence-corrected chi connectivity index (χ1v) is 8.39. The number of aromatic hydroxyl groups is 1. The van der Waals surface area contributed by atoms with Gasteiger partial charge in [0.25, 0.3) is 0 Å². The maximum Gasteiger partial charge on any atom is 0.143 e.